The number of aromatic hydroxyl groups is 1. The van der Waals surface area contributed by atoms with Gasteiger partial charge in [-0.15, -0.1) is 0 Å². The van der Waals surface area contributed by atoms with E-state index >= 15 is 0 Å². The van der Waals surface area contributed by atoms with Gasteiger partial charge in [-0.3, -0.25) is 10.2 Å². The minimum absolute atomic E-state index is 0.0708. The van der Waals surface area contributed by atoms with Gasteiger partial charge in [-0.25, -0.2) is 5.84 Å². The van der Waals surface area contributed by atoms with Crippen LogP contribution in [0.1, 0.15) is 66.0 Å². The predicted octanol–water partition coefficient (Wildman–Crippen LogP) is 3.37. The summed E-state index contributed by atoms with van der Waals surface area (Å²) in [6.45, 7) is 14.9. The van der Waals surface area contributed by atoms with E-state index in [-0.39, 0.29) is 16.7 Å². The van der Waals surface area contributed by atoms with Crippen molar-refractivity contribution >= 4 is 5.91 Å². The van der Waals surface area contributed by atoms with Crippen molar-refractivity contribution in [3.8, 4) is 5.75 Å². The number of amides is 1. The highest BCUT2D eigenvalue weighted by Crippen LogP contribution is 2.35. The first-order valence-corrected chi connectivity index (χ1v) is 7.27. The van der Waals surface area contributed by atoms with Crippen LogP contribution in [0.15, 0.2) is 18.2 Å². The average molecular weight is 294 g/mol. The Morgan fingerprint density at radius 2 is 1.57 bits per heavy atom. The second-order valence-electron chi connectivity index (χ2n) is 7.15. The maximum atomic E-state index is 9.94. The van der Waals surface area contributed by atoms with Gasteiger partial charge in [-0.1, -0.05) is 54.5 Å². The number of nitrogens with one attached hydrogen (secondary N) is 1. The molecule has 0 saturated heterocycles. The van der Waals surface area contributed by atoms with Crippen molar-refractivity contribution in [3.05, 3.63) is 29.3 Å². The Labute approximate surface area is 128 Å². The molecule has 0 spiro atoms. The fourth-order valence-corrected chi connectivity index (χ4v) is 1.91. The van der Waals surface area contributed by atoms with Crippen LogP contribution in [0.2, 0.25) is 0 Å². The molecule has 0 saturated carbocycles. The summed E-state index contributed by atoms with van der Waals surface area (Å²) >= 11 is 0. The van der Waals surface area contributed by atoms with Gasteiger partial charge in [0.2, 0.25) is 5.91 Å². The smallest absolute Gasteiger partial charge is 0.233 e. The van der Waals surface area contributed by atoms with E-state index < -0.39 is 0 Å². The Bertz CT molecular complexity index is 463. The summed E-state index contributed by atoms with van der Waals surface area (Å²) in [5.41, 5.74) is 4.71. The molecule has 4 nitrogen and oxygen atoms in total. The lowest BCUT2D eigenvalue weighted by Crippen LogP contribution is -2.28. The first kappa shape index (κ1) is 19.4. The molecule has 0 radical (unpaired) electrons. The number of phenols is 1. The van der Waals surface area contributed by atoms with Gasteiger partial charge >= 0.3 is 0 Å². The van der Waals surface area contributed by atoms with Crippen molar-refractivity contribution in [1.29, 1.82) is 0 Å². The van der Waals surface area contributed by atoms with Crippen LogP contribution in [-0.2, 0) is 15.6 Å². The number of benzene rings is 1. The molecule has 120 valence electrons. The van der Waals surface area contributed by atoms with Gasteiger partial charge in [0.1, 0.15) is 5.75 Å². The highest BCUT2D eigenvalue weighted by Gasteiger charge is 2.24. The van der Waals surface area contributed by atoms with Crippen molar-refractivity contribution in [1.82, 2.24) is 5.43 Å². The van der Waals surface area contributed by atoms with Crippen molar-refractivity contribution in [2.75, 3.05) is 0 Å². The normalized spacial score (nSPS) is 11.4. The van der Waals surface area contributed by atoms with Crippen LogP contribution in [0.3, 0.4) is 0 Å². The molecule has 0 aliphatic heterocycles. The zero-order chi connectivity index (χ0) is 16.8. The molecule has 0 fully saturated rings. The van der Waals surface area contributed by atoms with Crippen LogP contribution in [-0.4, -0.2) is 11.0 Å². The topological polar surface area (TPSA) is 75.3 Å². The van der Waals surface area contributed by atoms with Crippen molar-refractivity contribution < 1.29 is 9.90 Å². The zero-order valence-corrected chi connectivity index (χ0v) is 14.4. The van der Waals surface area contributed by atoms with Gasteiger partial charge in [0, 0.05) is 6.42 Å². The molecule has 1 aromatic rings. The SMILES string of the molecule is CC(C)(C)c1ccc(O)cc1C(C)(C)C.CCC(=O)NN. The van der Waals surface area contributed by atoms with E-state index in [1.165, 1.54) is 11.1 Å². The average Bonchev–Trinajstić information content (AvgIpc) is 2.36. The van der Waals surface area contributed by atoms with Gasteiger partial charge in [0.15, 0.2) is 0 Å². The third-order valence-corrected chi connectivity index (χ3v) is 3.10. The minimum atomic E-state index is -0.130. The number of hydrazine groups is 1. The fourth-order valence-electron chi connectivity index (χ4n) is 1.91. The largest absolute Gasteiger partial charge is 0.508 e. The monoisotopic (exact) mass is 294 g/mol. The first-order chi connectivity index (χ1) is 9.43. The maximum Gasteiger partial charge on any atom is 0.233 e. The van der Waals surface area contributed by atoms with Crippen molar-refractivity contribution in [3.63, 3.8) is 0 Å². The number of phenolic OH excluding ortho intramolecular Hbond substituents is 1. The molecule has 4 N–H and O–H groups in total. The minimum Gasteiger partial charge on any atom is -0.508 e. The van der Waals surface area contributed by atoms with Crippen molar-refractivity contribution in [2.24, 2.45) is 5.84 Å². The van der Waals surface area contributed by atoms with Crippen LogP contribution < -0.4 is 11.3 Å². The summed E-state index contributed by atoms with van der Waals surface area (Å²) in [7, 11) is 0. The molecule has 1 amide bonds. The number of nitrogens with two attached hydrogens (primary N) is 1. The van der Waals surface area contributed by atoms with Gasteiger partial charge in [-0.2, -0.15) is 0 Å². The van der Waals surface area contributed by atoms with E-state index in [9.17, 15) is 9.90 Å². The fraction of sp³-hybridized carbons (Fsp3) is 0.588. The summed E-state index contributed by atoms with van der Waals surface area (Å²) in [4.78, 5) is 9.94. The number of hydrogen-bond donors (Lipinski definition) is 3. The molecule has 1 rings (SSSR count). The lowest BCUT2D eigenvalue weighted by molar-refractivity contribution is -0.120. The van der Waals surface area contributed by atoms with Crippen LogP contribution in [0, 0.1) is 0 Å². The third kappa shape index (κ3) is 6.63. The van der Waals surface area contributed by atoms with Gasteiger partial charge < -0.3 is 5.11 Å². The van der Waals surface area contributed by atoms with E-state index in [0.717, 1.165) is 0 Å². The highest BCUT2D eigenvalue weighted by molar-refractivity contribution is 5.74. The highest BCUT2D eigenvalue weighted by atomic mass is 16.3. The van der Waals surface area contributed by atoms with Crippen LogP contribution in [0.25, 0.3) is 0 Å². The van der Waals surface area contributed by atoms with Crippen LogP contribution >= 0.6 is 0 Å². The summed E-state index contributed by atoms with van der Waals surface area (Å²) in [6, 6.07) is 5.70. The maximum absolute atomic E-state index is 9.94. The Balaban J connectivity index is 0.000000567. The Morgan fingerprint density at radius 3 is 1.86 bits per heavy atom. The van der Waals surface area contributed by atoms with E-state index in [2.05, 4.69) is 47.4 Å². The molecule has 0 aliphatic rings. The molecule has 0 atom stereocenters. The van der Waals surface area contributed by atoms with Crippen molar-refractivity contribution in [2.45, 2.75) is 65.7 Å². The molecule has 0 heterocycles. The summed E-state index contributed by atoms with van der Waals surface area (Å²) < 4.78 is 0. The molecule has 0 aliphatic carbocycles. The van der Waals surface area contributed by atoms with Gasteiger partial charge in [-0.05, 0) is 34.1 Å². The van der Waals surface area contributed by atoms with Crippen LogP contribution in [0.4, 0.5) is 0 Å². The second kappa shape index (κ2) is 7.46. The molecular weight excluding hydrogens is 264 g/mol. The molecule has 0 aromatic heterocycles. The Morgan fingerprint density at radius 1 is 1.10 bits per heavy atom. The molecular formula is C17H30N2O2. The van der Waals surface area contributed by atoms with E-state index in [4.69, 9.17) is 0 Å². The Hall–Kier alpha value is -1.55. The predicted molar refractivity (Wildman–Crippen MR) is 88.1 cm³/mol. The standard InChI is InChI=1S/C14H22O.C3H8N2O/c1-13(2,3)11-8-7-10(15)9-12(11)14(4,5)6;1-2-3(6)5-4/h7-9,15H,1-6H3;2,4H2,1H3,(H,5,6). The molecule has 0 unspecified atom stereocenters. The number of carbonyl (C=O) groups excluding carboxylic acids is 1. The third-order valence-electron chi connectivity index (χ3n) is 3.10. The second-order valence-corrected chi connectivity index (χ2v) is 7.15. The van der Waals surface area contributed by atoms with Crippen LogP contribution in [0.5, 0.6) is 5.75 Å². The summed E-state index contributed by atoms with van der Waals surface area (Å²) in [5.74, 6) is 4.91. The first-order valence-electron chi connectivity index (χ1n) is 7.27. The summed E-state index contributed by atoms with van der Waals surface area (Å²) in [6.07, 6.45) is 0.455. The quantitative estimate of drug-likeness (QED) is 0.422. The number of hydrogen-bond acceptors (Lipinski definition) is 3. The molecule has 0 bridgehead atoms. The zero-order valence-electron chi connectivity index (χ0n) is 14.4. The number of rotatable bonds is 1. The summed E-state index contributed by atoms with van der Waals surface area (Å²) in [5, 5.41) is 9.57. The lowest BCUT2D eigenvalue weighted by atomic mass is 9.75. The molecule has 1 aromatic carbocycles. The Kier molecular flexibility index (Phi) is 6.91. The van der Waals surface area contributed by atoms with E-state index in [1.54, 1.807) is 13.0 Å². The number of carbonyl (C=O) groups is 1. The lowest BCUT2D eigenvalue weighted by Gasteiger charge is -2.30. The van der Waals surface area contributed by atoms with E-state index in [1.807, 2.05) is 17.6 Å². The van der Waals surface area contributed by atoms with Gasteiger partial charge in [0.05, 0.1) is 0 Å². The molecule has 4 heteroatoms. The van der Waals surface area contributed by atoms with E-state index in [0.29, 0.717) is 12.2 Å². The van der Waals surface area contributed by atoms with Gasteiger partial charge in [0.25, 0.3) is 0 Å². The molecule has 21 heavy (non-hydrogen) atoms.